The van der Waals surface area contributed by atoms with Crippen molar-refractivity contribution in [2.75, 3.05) is 12.3 Å². The summed E-state index contributed by atoms with van der Waals surface area (Å²) in [5.41, 5.74) is 5.25. The molecule has 0 fully saturated rings. The fourth-order valence-electron chi connectivity index (χ4n) is 0.682. The van der Waals surface area contributed by atoms with Gasteiger partial charge in [0.1, 0.15) is 0 Å². The van der Waals surface area contributed by atoms with Crippen LogP contribution in [0.3, 0.4) is 0 Å². The monoisotopic (exact) mass is 184 g/mol. The summed E-state index contributed by atoms with van der Waals surface area (Å²) in [4.78, 5) is 4.10. The average molecular weight is 184 g/mol. The molecule has 0 aliphatic rings. The number of hydrogen-bond acceptors (Lipinski definition) is 4. The zero-order valence-corrected chi connectivity index (χ0v) is 7.50. The van der Waals surface area contributed by atoms with E-state index in [1.807, 2.05) is 18.2 Å². The van der Waals surface area contributed by atoms with Gasteiger partial charge in [-0.2, -0.15) is 0 Å². The Bertz CT molecular complexity index is 218. The second kappa shape index (κ2) is 5.13. The lowest BCUT2D eigenvalue weighted by Crippen LogP contribution is -2.21. The molecular weight excluding hydrogens is 172 g/mol. The number of aliphatic hydroxyl groups is 1. The number of nitrogens with two attached hydrogens (primary N) is 1. The number of aromatic nitrogens is 1. The van der Waals surface area contributed by atoms with Crippen molar-refractivity contribution in [3.05, 3.63) is 24.4 Å². The van der Waals surface area contributed by atoms with E-state index in [1.54, 1.807) is 6.20 Å². The van der Waals surface area contributed by atoms with E-state index in [0.717, 1.165) is 5.03 Å². The minimum absolute atomic E-state index is 0.305. The van der Waals surface area contributed by atoms with Gasteiger partial charge in [0.15, 0.2) is 0 Å². The van der Waals surface area contributed by atoms with Crippen LogP contribution in [-0.2, 0) is 0 Å². The first-order chi connectivity index (χ1) is 5.83. The molecule has 1 heterocycles. The van der Waals surface area contributed by atoms with E-state index < -0.39 is 6.10 Å². The molecule has 0 amide bonds. The highest BCUT2D eigenvalue weighted by atomic mass is 32.2. The zero-order chi connectivity index (χ0) is 8.81. The van der Waals surface area contributed by atoms with E-state index in [9.17, 15) is 0 Å². The number of nitrogens with zero attached hydrogens (tertiary/aromatic N) is 1. The van der Waals surface area contributed by atoms with E-state index in [1.165, 1.54) is 11.8 Å². The first-order valence-electron chi connectivity index (χ1n) is 3.75. The molecule has 0 bridgehead atoms. The van der Waals surface area contributed by atoms with Crippen LogP contribution in [0.5, 0.6) is 0 Å². The summed E-state index contributed by atoms with van der Waals surface area (Å²) in [5, 5.41) is 10.1. The van der Waals surface area contributed by atoms with E-state index in [4.69, 9.17) is 10.8 Å². The molecule has 1 aromatic heterocycles. The van der Waals surface area contributed by atoms with Crippen LogP contribution in [0.4, 0.5) is 0 Å². The van der Waals surface area contributed by atoms with Crippen molar-refractivity contribution < 1.29 is 5.11 Å². The molecule has 3 nitrogen and oxygen atoms in total. The fourth-order valence-corrected chi connectivity index (χ4v) is 1.49. The van der Waals surface area contributed by atoms with Gasteiger partial charge < -0.3 is 10.8 Å². The molecule has 0 aliphatic heterocycles. The molecule has 1 rings (SSSR count). The summed E-state index contributed by atoms with van der Waals surface area (Å²) in [6.45, 7) is 0.305. The molecule has 12 heavy (non-hydrogen) atoms. The van der Waals surface area contributed by atoms with Gasteiger partial charge in [-0.05, 0) is 12.1 Å². The van der Waals surface area contributed by atoms with Crippen molar-refractivity contribution in [3.63, 3.8) is 0 Å². The van der Waals surface area contributed by atoms with E-state index in [2.05, 4.69) is 4.98 Å². The van der Waals surface area contributed by atoms with Crippen molar-refractivity contribution in [1.29, 1.82) is 0 Å². The van der Waals surface area contributed by atoms with Crippen LogP contribution in [0.2, 0.25) is 0 Å². The summed E-state index contributed by atoms with van der Waals surface area (Å²) in [5.74, 6) is 0.605. The summed E-state index contributed by atoms with van der Waals surface area (Å²) in [6.07, 6.45) is 1.30. The summed E-state index contributed by atoms with van der Waals surface area (Å²) >= 11 is 1.51. The molecule has 0 saturated heterocycles. The largest absolute Gasteiger partial charge is 0.391 e. The van der Waals surface area contributed by atoms with Gasteiger partial charge in [0.05, 0.1) is 11.1 Å². The Morgan fingerprint density at radius 1 is 1.58 bits per heavy atom. The van der Waals surface area contributed by atoms with E-state index in [-0.39, 0.29) is 0 Å². The predicted octanol–water partition coefficient (Wildman–Crippen LogP) is 0.493. The van der Waals surface area contributed by atoms with Crippen molar-refractivity contribution in [2.45, 2.75) is 11.1 Å². The molecule has 1 atom stereocenters. The predicted molar refractivity (Wildman–Crippen MR) is 50.0 cm³/mol. The average Bonchev–Trinajstić information content (AvgIpc) is 2.16. The maximum atomic E-state index is 9.15. The molecular formula is C8H12N2OS. The minimum atomic E-state index is -0.433. The van der Waals surface area contributed by atoms with Crippen molar-refractivity contribution in [2.24, 2.45) is 5.73 Å². The van der Waals surface area contributed by atoms with E-state index in [0.29, 0.717) is 12.3 Å². The Kier molecular flexibility index (Phi) is 4.07. The van der Waals surface area contributed by atoms with Gasteiger partial charge in [-0.1, -0.05) is 6.07 Å². The normalized spacial score (nSPS) is 12.8. The molecule has 66 valence electrons. The molecule has 0 saturated carbocycles. The van der Waals surface area contributed by atoms with Gasteiger partial charge in [-0.3, -0.25) is 0 Å². The Hall–Kier alpha value is -0.580. The summed E-state index contributed by atoms with van der Waals surface area (Å²) in [7, 11) is 0. The molecule has 0 aliphatic carbocycles. The highest BCUT2D eigenvalue weighted by molar-refractivity contribution is 7.99. The third-order valence-corrected chi connectivity index (χ3v) is 2.42. The first kappa shape index (κ1) is 9.51. The molecule has 0 spiro atoms. The lowest BCUT2D eigenvalue weighted by molar-refractivity contribution is 0.208. The Morgan fingerprint density at radius 3 is 3.00 bits per heavy atom. The van der Waals surface area contributed by atoms with Crippen LogP contribution in [0, 0.1) is 0 Å². The maximum Gasteiger partial charge on any atom is 0.0960 e. The van der Waals surface area contributed by atoms with Crippen LogP contribution in [-0.4, -0.2) is 28.5 Å². The van der Waals surface area contributed by atoms with Gasteiger partial charge in [-0.25, -0.2) is 4.98 Å². The highest BCUT2D eigenvalue weighted by Crippen LogP contribution is 2.14. The third-order valence-electron chi connectivity index (χ3n) is 1.33. The standard InChI is InChI=1S/C8H12N2OS/c9-5-7(11)6-12-8-3-1-2-4-10-8/h1-4,7,11H,5-6,9H2. The highest BCUT2D eigenvalue weighted by Gasteiger charge is 2.01. The molecule has 4 heteroatoms. The lowest BCUT2D eigenvalue weighted by atomic mass is 10.4. The van der Waals surface area contributed by atoms with Crippen molar-refractivity contribution in [3.8, 4) is 0 Å². The van der Waals surface area contributed by atoms with E-state index >= 15 is 0 Å². The van der Waals surface area contributed by atoms with Crippen LogP contribution in [0.25, 0.3) is 0 Å². The van der Waals surface area contributed by atoms with Gasteiger partial charge >= 0.3 is 0 Å². The van der Waals surface area contributed by atoms with Gasteiger partial charge in [0.2, 0.25) is 0 Å². The SMILES string of the molecule is NCC(O)CSc1ccccn1. The van der Waals surface area contributed by atoms with Crippen molar-refractivity contribution >= 4 is 11.8 Å². The van der Waals surface area contributed by atoms with Gasteiger partial charge in [0.25, 0.3) is 0 Å². The number of hydrogen-bond donors (Lipinski definition) is 2. The fraction of sp³-hybridized carbons (Fsp3) is 0.375. The van der Waals surface area contributed by atoms with Crippen LogP contribution in [0.15, 0.2) is 29.4 Å². The Morgan fingerprint density at radius 2 is 2.42 bits per heavy atom. The number of pyridine rings is 1. The topological polar surface area (TPSA) is 59.1 Å². The smallest absolute Gasteiger partial charge is 0.0960 e. The summed E-state index contributed by atoms with van der Waals surface area (Å²) in [6, 6.07) is 5.70. The van der Waals surface area contributed by atoms with Gasteiger partial charge in [-0.15, -0.1) is 11.8 Å². The molecule has 3 N–H and O–H groups in total. The second-order valence-electron chi connectivity index (χ2n) is 2.37. The van der Waals surface area contributed by atoms with Gasteiger partial charge in [0, 0.05) is 18.5 Å². The number of thioether (sulfide) groups is 1. The van der Waals surface area contributed by atoms with Crippen LogP contribution >= 0.6 is 11.8 Å². The quantitative estimate of drug-likeness (QED) is 0.669. The van der Waals surface area contributed by atoms with Crippen molar-refractivity contribution in [1.82, 2.24) is 4.98 Å². The lowest BCUT2D eigenvalue weighted by Gasteiger charge is -2.05. The second-order valence-corrected chi connectivity index (χ2v) is 3.41. The molecule has 0 radical (unpaired) electrons. The van der Waals surface area contributed by atoms with Crippen LogP contribution < -0.4 is 5.73 Å². The van der Waals surface area contributed by atoms with Crippen LogP contribution in [0.1, 0.15) is 0 Å². The third kappa shape index (κ3) is 3.21. The summed E-state index contributed by atoms with van der Waals surface area (Å²) < 4.78 is 0. The number of rotatable bonds is 4. The molecule has 0 aromatic carbocycles. The zero-order valence-electron chi connectivity index (χ0n) is 6.68. The molecule has 1 aromatic rings. The maximum absolute atomic E-state index is 9.15. The Balaban J connectivity index is 2.33. The first-order valence-corrected chi connectivity index (χ1v) is 4.73. The number of aliphatic hydroxyl groups excluding tert-OH is 1. The molecule has 1 unspecified atom stereocenters. The Labute approximate surface area is 76.0 Å². The minimum Gasteiger partial charge on any atom is -0.391 e.